The van der Waals surface area contributed by atoms with Crippen molar-refractivity contribution in [1.82, 2.24) is 19.7 Å². The van der Waals surface area contributed by atoms with Crippen molar-refractivity contribution in [2.45, 2.75) is 20.0 Å². The largest absolute Gasteiger partial charge is 0.493 e. The van der Waals surface area contributed by atoms with Crippen molar-refractivity contribution in [3.05, 3.63) is 71.1 Å². The van der Waals surface area contributed by atoms with Crippen molar-refractivity contribution < 1.29 is 13.9 Å². The fraction of sp³-hybridized carbons (Fsp3) is 0.238. The summed E-state index contributed by atoms with van der Waals surface area (Å²) in [5.74, 6) is 0.520. The lowest BCUT2D eigenvalue weighted by molar-refractivity contribution is 0.274. The van der Waals surface area contributed by atoms with E-state index in [1.807, 2.05) is 38.4 Å². The molecular weight excluding hydrogens is 359 g/mol. The average molecular weight is 380 g/mol. The van der Waals surface area contributed by atoms with Crippen LogP contribution in [0.25, 0.3) is 11.0 Å². The molecule has 0 unspecified atom stereocenters. The lowest BCUT2D eigenvalue weighted by Crippen LogP contribution is -2.05. The Morgan fingerprint density at radius 2 is 2.04 bits per heavy atom. The number of nitrogens with one attached hydrogen (secondary N) is 1. The van der Waals surface area contributed by atoms with E-state index in [1.165, 1.54) is 6.07 Å². The maximum absolute atomic E-state index is 14.8. The van der Waals surface area contributed by atoms with Gasteiger partial charge in [-0.25, -0.2) is 9.37 Å². The molecule has 0 aliphatic carbocycles. The summed E-state index contributed by atoms with van der Waals surface area (Å²) in [5.41, 5.74) is 4.10. The first-order chi connectivity index (χ1) is 13.5. The predicted molar refractivity (Wildman–Crippen MR) is 104 cm³/mol. The van der Waals surface area contributed by atoms with Crippen molar-refractivity contribution in [2.24, 2.45) is 7.05 Å². The molecule has 0 aliphatic rings. The Morgan fingerprint density at radius 3 is 2.79 bits per heavy atom. The molecule has 0 fully saturated rings. The van der Waals surface area contributed by atoms with E-state index in [-0.39, 0.29) is 12.4 Å². The molecule has 4 aromatic rings. The second-order valence-electron chi connectivity index (χ2n) is 6.67. The monoisotopic (exact) mass is 380 g/mol. The van der Waals surface area contributed by atoms with Crippen LogP contribution in [0.4, 0.5) is 4.39 Å². The summed E-state index contributed by atoms with van der Waals surface area (Å²) in [7, 11) is 3.40. The third-order valence-corrected chi connectivity index (χ3v) is 4.72. The summed E-state index contributed by atoms with van der Waals surface area (Å²) in [5, 5.41) is 5.27. The molecule has 0 aliphatic heterocycles. The van der Waals surface area contributed by atoms with Gasteiger partial charge in [-0.05, 0) is 42.3 Å². The van der Waals surface area contributed by atoms with Gasteiger partial charge in [0.15, 0.2) is 11.5 Å². The number of pyridine rings is 1. The van der Waals surface area contributed by atoms with Crippen LogP contribution >= 0.6 is 0 Å². The van der Waals surface area contributed by atoms with Gasteiger partial charge in [0.1, 0.15) is 18.1 Å². The quantitative estimate of drug-likeness (QED) is 0.551. The highest BCUT2D eigenvalue weighted by molar-refractivity contribution is 5.79. The van der Waals surface area contributed by atoms with Gasteiger partial charge in [-0.1, -0.05) is 0 Å². The normalized spacial score (nSPS) is 11.1. The van der Waals surface area contributed by atoms with Crippen LogP contribution in [0.15, 0.2) is 42.7 Å². The fourth-order valence-electron chi connectivity index (χ4n) is 3.30. The molecule has 0 amide bonds. The molecule has 7 heteroatoms. The third-order valence-electron chi connectivity index (χ3n) is 4.72. The summed E-state index contributed by atoms with van der Waals surface area (Å²) in [6, 6.07) is 8.84. The highest BCUT2D eigenvalue weighted by atomic mass is 19.1. The van der Waals surface area contributed by atoms with E-state index < -0.39 is 0 Å². The van der Waals surface area contributed by atoms with Crippen LogP contribution in [0, 0.1) is 12.7 Å². The number of hydrogen-bond acceptors (Lipinski definition) is 4. The highest BCUT2D eigenvalue weighted by Crippen LogP contribution is 2.32. The summed E-state index contributed by atoms with van der Waals surface area (Å²) in [6.45, 7) is 2.19. The number of H-pyrrole nitrogens is 1. The molecule has 0 saturated heterocycles. The number of fused-ring (bicyclic) bond motifs is 1. The van der Waals surface area contributed by atoms with Gasteiger partial charge in [-0.15, -0.1) is 0 Å². The number of aromatic amines is 1. The molecule has 28 heavy (non-hydrogen) atoms. The molecule has 0 radical (unpaired) electrons. The maximum atomic E-state index is 14.8. The summed E-state index contributed by atoms with van der Waals surface area (Å²) in [4.78, 5) is 7.39. The van der Waals surface area contributed by atoms with Crippen LogP contribution in [-0.2, 0) is 20.1 Å². The average Bonchev–Trinajstić information content (AvgIpc) is 3.24. The first kappa shape index (κ1) is 18.0. The zero-order valence-corrected chi connectivity index (χ0v) is 16.0. The van der Waals surface area contributed by atoms with Gasteiger partial charge in [0.2, 0.25) is 0 Å². The number of benzene rings is 1. The highest BCUT2D eigenvalue weighted by Gasteiger charge is 2.15. The number of ether oxygens (including phenoxy) is 2. The molecule has 0 atom stereocenters. The Morgan fingerprint density at radius 1 is 1.18 bits per heavy atom. The van der Waals surface area contributed by atoms with E-state index >= 15 is 0 Å². The number of hydrogen-bond donors (Lipinski definition) is 1. The second-order valence-corrected chi connectivity index (χ2v) is 6.67. The smallest absolute Gasteiger partial charge is 0.164 e. The Hall–Kier alpha value is -3.35. The molecule has 1 N–H and O–H groups in total. The van der Waals surface area contributed by atoms with Crippen molar-refractivity contribution in [3.63, 3.8) is 0 Å². The van der Waals surface area contributed by atoms with Crippen molar-refractivity contribution >= 4 is 11.0 Å². The molecule has 144 valence electrons. The summed E-state index contributed by atoms with van der Waals surface area (Å²) < 4.78 is 27.8. The SMILES string of the molecule is COc1cc(Cc2c[nH]c3ncccc23)c(F)cc1OCc1cc(C)nn1C. The van der Waals surface area contributed by atoms with Gasteiger partial charge >= 0.3 is 0 Å². The van der Waals surface area contributed by atoms with Crippen LogP contribution in [0.1, 0.15) is 22.5 Å². The van der Waals surface area contributed by atoms with Gasteiger partial charge in [0.05, 0.1) is 18.5 Å². The van der Waals surface area contributed by atoms with Crippen LogP contribution in [0.2, 0.25) is 0 Å². The molecule has 0 spiro atoms. The lowest BCUT2D eigenvalue weighted by atomic mass is 10.0. The molecular formula is C21H21FN4O2. The maximum Gasteiger partial charge on any atom is 0.164 e. The van der Waals surface area contributed by atoms with E-state index in [0.717, 1.165) is 28.0 Å². The fourth-order valence-corrected chi connectivity index (χ4v) is 3.30. The molecule has 3 heterocycles. The van der Waals surface area contributed by atoms with E-state index in [1.54, 1.807) is 24.1 Å². The van der Waals surface area contributed by atoms with E-state index in [0.29, 0.717) is 23.5 Å². The van der Waals surface area contributed by atoms with Crippen LogP contribution in [0.5, 0.6) is 11.5 Å². The van der Waals surface area contributed by atoms with Gasteiger partial charge in [-0.3, -0.25) is 4.68 Å². The van der Waals surface area contributed by atoms with E-state index in [9.17, 15) is 4.39 Å². The van der Waals surface area contributed by atoms with Gasteiger partial charge < -0.3 is 14.5 Å². The topological polar surface area (TPSA) is 65.0 Å². The minimum absolute atomic E-state index is 0.278. The molecule has 0 saturated carbocycles. The van der Waals surface area contributed by atoms with Crippen molar-refractivity contribution in [2.75, 3.05) is 7.11 Å². The minimum Gasteiger partial charge on any atom is -0.493 e. The van der Waals surface area contributed by atoms with E-state index in [4.69, 9.17) is 9.47 Å². The standard InChI is InChI=1S/C21H21FN4O2/c1-13-7-16(26(2)25-13)12-28-20-10-18(22)14(9-19(20)27-3)8-15-11-24-21-17(15)5-4-6-23-21/h4-7,9-11H,8,12H2,1-3H3,(H,23,24). The number of aromatic nitrogens is 4. The Labute approximate surface area is 161 Å². The number of rotatable bonds is 6. The van der Waals surface area contributed by atoms with Crippen LogP contribution in [-0.4, -0.2) is 26.9 Å². The second kappa shape index (κ2) is 7.34. The predicted octanol–water partition coefficient (Wildman–Crippen LogP) is 3.92. The number of methoxy groups -OCH3 is 1. The van der Waals surface area contributed by atoms with Gasteiger partial charge in [0.25, 0.3) is 0 Å². The third kappa shape index (κ3) is 3.43. The number of halogens is 1. The molecule has 4 rings (SSSR count). The Kier molecular flexibility index (Phi) is 4.73. The first-order valence-electron chi connectivity index (χ1n) is 8.95. The number of aryl methyl sites for hydroxylation is 2. The van der Waals surface area contributed by atoms with Crippen LogP contribution in [0.3, 0.4) is 0 Å². The van der Waals surface area contributed by atoms with Crippen LogP contribution < -0.4 is 9.47 Å². The van der Waals surface area contributed by atoms with Gasteiger partial charge in [-0.2, -0.15) is 5.10 Å². The van der Waals surface area contributed by atoms with Gasteiger partial charge in [0, 0.05) is 37.3 Å². The Balaban J connectivity index is 1.59. The number of nitrogens with zero attached hydrogens (tertiary/aromatic N) is 3. The molecule has 3 aromatic heterocycles. The summed E-state index contributed by atoms with van der Waals surface area (Å²) >= 11 is 0. The minimum atomic E-state index is -0.338. The summed E-state index contributed by atoms with van der Waals surface area (Å²) in [6.07, 6.45) is 4.01. The zero-order chi connectivity index (χ0) is 19.7. The van der Waals surface area contributed by atoms with Crippen molar-refractivity contribution in [3.8, 4) is 11.5 Å². The lowest BCUT2D eigenvalue weighted by Gasteiger charge is -2.13. The van der Waals surface area contributed by atoms with E-state index in [2.05, 4.69) is 15.1 Å². The Bertz CT molecular complexity index is 1130. The molecule has 6 nitrogen and oxygen atoms in total. The first-order valence-corrected chi connectivity index (χ1v) is 8.95. The zero-order valence-electron chi connectivity index (χ0n) is 16.0. The van der Waals surface area contributed by atoms with Crippen molar-refractivity contribution in [1.29, 1.82) is 0 Å². The molecule has 0 bridgehead atoms. The molecule has 1 aromatic carbocycles.